The largest absolute Gasteiger partial charge is 0.493 e. The van der Waals surface area contributed by atoms with Gasteiger partial charge < -0.3 is 14.2 Å². The Balaban J connectivity index is 2.86. The zero-order valence-corrected chi connectivity index (χ0v) is 14.9. The fourth-order valence-electron chi connectivity index (χ4n) is 1.66. The number of carbonyl (C=O) groups excluding carboxylic acids is 1. The van der Waals surface area contributed by atoms with Gasteiger partial charge in [0.25, 0.3) is 0 Å². The molecule has 0 aliphatic rings. The van der Waals surface area contributed by atoms with Gasteiger partial charge in [0.1, 0.15) is 4.90 Å². The maximum absolute atomic E-state index is 12.3. The molecule has 0 aromatic heterocycles. The topological polar surface area (TPSA) is 90.9 Å². The molecular formula is C13H18BrNO6S. The highest BCUT2D eigenvalue weighted by atomic mass is 79.9. The first-order valence-corrected chi connectivity index (χ1v) is 8.61. The van der Waals surface area contributed by atoms with Gasteiger partial charge in [-0.05, 0) is 28.4 Å². The van der Waals surface area contributed by atoms with Gasteiger partial charge in [-0.2, -0.15) is 0 Å². The summed E-state index contributed by atoms with van der Waals surface area (Å²) in [6.07, 6.45) is 0.489. The molecule has 0 atom stereocenters. The predicted octanol–water partition coefficient (Wildman–Crippen LogP) is 1.70. The number of methoxy groups -OCH3 is 3. The molecule has 1 aromatic carbocycles. The first kappa shape index (κ1) is 18.7. The fourth-order valence-corrected chi connectivity index (χ4v) is 3.77. The van der Waals surface area contributed by atoms with Crippen LogP contribution in [0.5, 0.6) is 11.5 Å². The van der Waals surface area contributed by atoms with Crippen molar-refractivity contribution >= 4 is 31.9 Å². The molecule has 9 heteroatoms. The zero-order chi connectivity index (χ0) is 16.8. The van der Waals surface area contributed by atoms with Crippen LogP contribution in [0.1, 0.15) is 12.8 Å². The molecule has 0 spiro atoms. The van der Waals surface area contributed by atoms with Crippen LogP contribution >= 0.6 is 15.9 Å². The van der Waals surface area contributed by atoms with Crippen LogP contribution < -0.4 is 14.2 Å². The summed E-state index contributed by atoms with van der Waals surface area (Å²) < 4.78 is 42.0. The normalized spacial score (nSPS) is 11.1. The highest BCUT2D eigenvalue weighted by Gasteiger charge is 2.21. The minimum Gasteiger partial charge on any atom is -0.493 e. The molecule has 0 bridgehead atoms. The predicted molar refractivity (Wildman–Crippen MR) is 83.7 cm³/mol. The van der Waals surface area contributed by atoms with E-state index in [4.69, 9.17) is 9.47 Å². The van der Waals surface area contributed by atoms with E-state index in [9.17, 15) is 13.2 Å². The number of carbonyl (C=O) groups is 1. The van der Waals surface area contributed by atoms with E-state index in [1.807, 2.05) is 0 Å². The summed E-state index contributed by atoms with van der Waals surface area (Å²) >= 11 is 3.20. The Kier molecular flexibility index (Phi) is 7.11. The van der Waals surface area contributed by atoms with E-state index in [0.717, 1.165) is 0 Å². The molecular weight excluding hydrogens is 378 g/mol. The molecule has 0 amide bonds. The second-order valence-electron chi connectivity index (χ2n) is 4.22. The summed E-state index contributed by atoms with van der Waals surface area (Å²) in [6.45, 7) is 0.123. The van der Waals surface area contributed by atoms with Crippen LogP contribution in [0.2, 0.25) is 0 Å². The highest BCUT2D eigenvalue weighted by molar-refractivity contribution is 9.10. The van der Waals surface area contributed by atoms with Gasteiger partial charge in [-0.1, -0.05) is 0 Å². The molecule has 7 nitrogen and oxygen atoms in total. The van der Waals surface area contributed by atoms with Crippen molar-refractivity contribution in [3.8, 4) is 11.5 Å². The lowest BCUT2D eigenvalue weighted by Crippen LogP contribution is -2.25. The molecule has 1 rings (SSSR count). The minimum atomic E-state index is -3.74. The fraction of sp³-hybridized carbons (Fsp3) is 0.462. The summed E-state index contributed by atoms with van der Waals surface area (Å²) in [5.41, 5.74) is 0. The molecule has 0 saturated carbocycles. The third kappa shape index (κ3) is 4.85. The van der Waals surface area contributed by atoms with Crippen LogP contribution in [-0.4, -0.2) is 42.3 Å². The van der Waals surface area contributed by atoms with Crippen LogP contribution in [-0.2, 0) is 19.6 Å². The smallest absolute Gasteiger partial charge is 0.305 e. The van der Waals surface area contributed by atoms with E-state index < -0.39 is 10.0 Å². The van der Waals surface area contributed by atoms with Gasteiger partial charge in [0.05, 0.1) is 21.3 Å². The summed E-state index contributed by atoms with van der Waals surface area (Å²) in [6, 6.07) is 2.88. The molecule has 0 aliphatic heterocycles. The van der Waals surface area contributed by atoms with Crippen LogP contribution in [0.25, 0.3) is 0 Å². The summed E-state index contributed by atoms with van der Waals surface area (Å²) in [7, 11) is 0.432. The van der Waals surface area contributed by atoms with E-state index in [-0.39, 0.29) is 23.8 Å². The molecule has 1 N–H and O–H groups in total. The molecule has 1 aromatic rings. The number of benzene rings is 1. The standard InChI is InChI=1S/C13H18BrNO6S/c1-19-10-7-9(14)12(8-11(10)20-2)22(17,18)15-6-4-5-13(16)21-3/h7-8,15H,4-6H2,1-3H3. The molecule has 0 fully saturated rings. The van der Waals surface area contributed by atoms with Gasteiger partial charge >= 0.3 is 5.97 Å². The van der Waals surface area contributed by atoms with E-state index in [0.29, 0.717) is 22.4 Å². The average molecular weight is 396 g/mol. The van der Waals surface area contributed by atoms with Crippen LogP contribution in [0.15, 0.2) is 21.5 Å². The molecule has 22 heavy (non-hydrogen) atoms. The lowest BCUT2D eigenvalue weighted by atomic mass is 10.3. The Morgan fingerprint density at radius 2 is 1.77 bits per heavy atom. The number of nitrogens with one attached hydrogen (secondary N) is 1. The Hall–Kier alpha value is -1.32. The van der Waals surface area contributed by atoms with Crippen LogP contribution in [0.3, 0.4) is 0 Å². The van der Waals surface area contributed by atoms with Gasteiger partial charge in [0.2, 0.25) is 10.0 Å². The first-order chi connectivity index (χ1) is 10.4. The SMILES string of the molecule is COC(=O)CCCNS(=O)(=O)c1cc(OC)c(OC)cc1Br. The second kappa shape index (κ2) is 8.35. The van der Waals surface area contributed by atoms with Gasteiger partial charge in [-0.15, -0.1) is 0 Å². The monoisotopic (exact) mass is 395 g/mol. The Morgan fingerprint density at radius 1 is 1.18 bits per heavy atom. The lowest BCUT2D eigenvalue weighted by molar-refractivity contribution is -0.140. The highest BCUT2D eigenvalue weighted by Crippen LogP contribution is 2.35. The Bertz CT molecular complexity index is 632. The molecule has 0 saturated heterocycles. The van der Waals surface area contributed by atoms with E-state index in [2.05, 4.69) is 25.4 Å². The third-order valence-electron chi connectivity index (χ3n) is 2.81. The third-order valence-corrected chi connectivity index (χ3v) is 5.22. The minimum absolute atomic E-state index is 0.0308. The van der Waals surface area contributed by atoms with Gasteiger partial charge in [0, 0.05) is 23.5 Å². The van der Waals surface area contributed by atoms with E-state index in [1.165, 1.54) is 33.5 Å². The Morgan fingerprint density at radius 3 is 2.32 bits per heavy atom. The maximum atomic E-state index is 12.3. The zero-order valence-electron chi connectivity index (χ0n) is 12.5. The Labute approximate surface area is 138 Å². The van der Waals surface area contributed by atoms with Gasteiger partial charge in [-0.25, -0.2) is 13.1 Å². The number of halogens is 1. The number of hydrogen-bond acceptors (Lipinski definition) is 6. The van der Waals surface area contributed by atoms with Crippen molar-refractivity contribution in [2.75, 3.05) is 27.9 Å². The van der Waals surface area contributed by atoms with E-state index in [1.54, 1.807) is 0 Å². The first-order valence-electron chi connectivity index (χ1n) is 6.33. The number of sulfonamides is 1. The van der Waals surface area contributed by atoms with Crippen molar-refractivity contribution < 1.29 is 27.4 Å². The van der Waals surface area contributed by atoms with Crippen molar-refractivity contribution in [2.24, 2.45) is 0 Å². The van der Waals surface area contributed by atoms with Gasteiger partial charge in [-0.3, -0.25) is 4.79 Å². The maximum Gasteiger partial charge on any atom is 0.305 e. The molecule has 0 radical (unpaired) electrons. The van der Waals surface area contributed by atoms with Crippen molar-refractivity contribution in [1.29, 1.82) is 0 Å². The van der Waals surface area contributed by atoms with Crippen molar-refractivity contribution in [2.45, 2.75) is 17.7 Å². The number of rotatable bonds is 8. The number of ether oxygens (including phenoxy) is 3. The molecule has 124 valence electrons. The average Bonchev–Trinajstić information content (AvgIpc) is 2.50. The van der Waals surface area contributed by atoms with Crippen molar-refractivity contribution in [1.82, 2.24) is 4.72 Å². The van der Waals surface area contributed by atoms with Crippen molar-refractivity contribution in [3.05, 3.63) is 16.6 Å². The van der Waals surface area contributed by atoms with Crippen LogP contribution in [0, 0.1) is 0 Å². The summed E-state index contributed by atoms with van der Waals surface area (Å²) in [5.74, 6) is 0.339. The van der Waals surface area contributed by atoms with E-state index >= 15 is 0 Å². The second-order valence-corrected chi connectivity index (χ2v) is 6.80. The molecule has 0 heterocycles. The lowest BCUT2D eigenvalue weighted by Gasteiger charge is -2.13. The van der Waals surface area contributed by atoms with Crippen LogP contribution in [0.4, 0.5) is 0 Å². The van der Waals surface area contributed by atoms with Gasteiger partial charge in [0.15, 0.2) is 11.5 Å². The molecule has 0 unspecified atom stereocenters. The number of hydrogen-bond donors (Lipinski definition) is 1. The molecule has 0 aliphatic carbocycles. The summed E-state index contributed by atoms with van der Waals surface area (Å²) in [4.78, 5) is 11.0. The van der Waals surface area contributed by atoms with Crippen molar-refractivity contribution in [3.63, 3.8) is 0 Å². The summed E-state index contributed by atoms with van der Waals surface area (Å²) in [5, 5.41) is 0. The quantitative estimate of drug-likeness (QED) is 0.531. The number of esters is 1.